The molecular weight excluding hydrogens is 324 g/mol. The minimum Gasteiger partial charge on any atom is -0.0676 e. The van der Waals surface area contributed by atoms with Crippen molar-refractivity contribution in [1.82, 2.24) is 0 Å². The van der Waals surface area contributed by atoms with Crippen molar-refractivity contribution >= 4 is 0 Å². The molecule has 0 aromatic rings. The van der Waals surface area contributed by atoms with E-state index in [1.807, 2.05) is 11.1 Å². The highest BCUT2D eigenvalue weighted by Crippen LogP contribution is 2.66. The van der Waals surface area contributed by atoms with Crippen molar-refractivity contribution in [3.8, 4) is 0 Å². The highest BCUT2D eigenvalue weighted by molar-refractivity contribution is 5.33. The average Bonchev–Trinajstić information content (AvgIpc) is 2.98. The highest BCUT2D eigenvalue weighted by Gasteiger charge is 2.56. The Morgan fingerprint density at radius 3 is 2.44 bits per heavy atom. The summed E-state index contributed by atoms with van der Waals surface area (Å²) >= 11 is 0. The average molecular weight is 371 g/mol. The van der Waals surface area contributed by atoms with Gasteiger partial charge in [-0.1, -0.05) is 71.4 Å². The van der Waals surface area contributed by atoms with Gasteiger partial charge in [0.2, 0.25) is 0 Å². The molecule has 3 fully saturated rings. The largest absolute Gasteiger partial charge is 0.0676 e. The molecule has 0 radical (unpaired) electrons. The summed E-state index contributed by atoms with van der Waals surface area (Å²) in [6.07, 6.45) is 19.3. The second kappa shape index (κ2) is 7.53. The maximum absolute atomic E-state index is 2.71. The first-order chi connectivity index (χ1) is 12.8. The van der Waals surface area contributed by atoms with E-state index in [4.69, 9.17) is 0 Å². The number of fused-ring (bicyclic) bond motifs is 5. The van der Waals surface area contributed by atoms with Gasteiger partial charge in [0.15, 0.2) is 0 Å². The lowest BCUT2D eigenvalue weighted by Gasteiger charge is -2.59. The van der Waals surface area contributed by atoms with Crippen molar-refractivity contribution in [2.24, 2.45) is 40.4 Å². The van der Waals surface area contributed by atoms with Gasteiger partial charge >= 0.3 is 0 Å². The Morgan fingerprint density at radius 2 is 1.67 bits per heavy atom. The summed E-state index contributed by atoms with van der Waals surface area (Å²) in [5.74, 6) is 4.83. The molecule has 0 heterocycles. The molecular formula is C27H46. The van der Waals surface area contributed by atoms with Gasteiger partial charge in [-0.2, -0.15) is 0 Å². The first-order valence-electron chi connectivity index (χ1n) is 12.6. The van der Waals surface area contributed by atoms with Crippen LogP contribution in [0.3, 0.4) is 0 Å². The lowest BCUT2D eigenvalue weighted by atomic mass is 9.46. The Kier molecular flexibility index (Phi) is 5.59. The van der Waals surface area contributed by atoms with Gasteiger partial charge in [0, 0.05) is 0 Å². The molecule has 154 valence electrons. The van der Waals surface area contributed by atoms with E-state index in [-0.39, 0.29) is 0 Å². The molecule has 4 aliphatic rings. The van der Waals surface area contributed by atoms with Crippen LogP contribution in [0.1, 0.15) is 118 Å². The highest BCUT2D eigenvalue weighted by atomic mass is 14.6. The molecule has 4 aliphatic carbocycles. The van der Waals surface area contributed by atoms with Crippen molar-refractivity contribution in [2.45, 2.75) is 118 Å². The fourth-order valence-corrected chi connectivity index (χ4v) is 8.42. The van der Waals surface area contributed by atoms with Crippen LogP contribution in [0.2, 0.25) is 0 Å². The SMILES string of the molecule is CC(C)CCC[C@@H](C)C1=C2CC[C@H]3[C@@H]4CCCC[C@@]4(C)CC[C@@H]3[C@@]2(C)CC1. The summed E-state index contributed by atoms with van der Waals surface area (Å²) < 4.78 is 0. The van der Waals surface area contributed by atoms with Crippen LogP contribution < -0.4 is 0 Å². The van der Waals surface area contributed by atoms with E-state index in [0.717, 1.165) is 29.6 Å². The molecule has 6 atom stereocenters. The molecule has 0 aromatic heterocycles. The maximum atomic E-state index is 2.71. The molecule has 27 heavy (non-hydrogen) atoms. The zero-order valence-corrected chi connectivity index (χ0v) is 19.1. The molecule has 0 heteroatoms. The van der Waals surface area contributed by atoms with Crippen LogP contribution in [-0.2, 0) is 0 Å². The fourth-order valence-electron chi connectivity index (χ4n) is 8.42. The number of hydrogen-bond acceptors (Lipinski definition) is 0. The first-order valence-corrected chi connectivity index (χ1v) is 12.6. The summed E-state index contributed by atoms with van der Waals surface area (Å²) in [6, 6.07) is 0. The minimum atomic E-state index is 0.573. The first kappa shape index (κ1) is 20.0. The Balaban J connectivity index is 1.52. The molecule has 0 bridgehead atoms. The molecule has 3 saturated carbocycles. The van der Waals surface area contributed by atoms with Gasteiger partial charge in [0.05, 0.1) is 0 Å². The second-order valence-corrected chi connectivity index (χ2v) is 12.0. The monoisotopic (exact) mass is 370 g/mol. The van der Waals surface area contributed by atoms with Gasteiger partial charge in [-0.15, -0.1) is 0 Å². The molecule has 4 rings (SSSR count). The Labute approximate surface area is 170 Å². The van der Waals surface area contributed by atoms with Gasteiger partial charge in [-0.3, -0.25) is 0 Å². The van der Waals surface area contributed by atoms with E-state index in [2.05, 4.69) is 34.6 Å². The third kappa shape index (κ3) is 3.46. The van der Waals surface area contributed by atoms with Crippen LogP contribution in [0.15, 0.2) is 11.1 Å². The Bertz CT molecular complexity index is 569. The fraction of sp³-hybridized carbons (Fsp3) is 0.926. The smallest absolute Gasteiger partial charge is 0.00796 e. The topological polar surface area (TPSA) is 0 Å². The number of rotatable bonds is 5. The van der Waals surface area contributed by atoms with E-state index in [1.54, 1.807) is 6.42 Å². The van der Waals surface area contributed by atoms with Crippen LogP contribution in [0.5, 0.6) is 0 Å². The van der Waals surface area contributed by atoms with Crippen molar-refractivity contribution in [3.63, 3.8) is 0 Å². The van der Waals surface area contributed by atoms with E-state index in [0.29, 0.717) is 10.8 Å². The van der Waals surface area contributed by atoms with Gasteiger partial charge in [0.1, 0.15) is 0 Å². The van der Waals surface area contributed by atoms with Crippen LogP contribution in [-0.4, -0.2) is 0 Å². The zero-order chi connectivity index (χ0) is 19.2. The predicted octanol–water partition coefficient (Wildman–Crippen LogP) is 8.56. The summed E-state index contributed by atoms with van der Waals surface area (Å²) in [5.41, 5.74) is 5.17. The Morgan fingerprint density at radius 1 is 0.852 bits per heavy atom. The van der Waals surface area contributed by atoms with Gasteiger partial charge in [-0.25, -0.2) is 0 Å². The van der Waals surface area contributed by atoms with E-state index in [9.17, 15) is 0 Å². The summed E-state index contributed by atoms with van der Waals surface area (Å²) in [5, 5.41) is 0. The van der Waals surface area contributed by atoms with Gasteiger partial charge in [0.25, 0.3) is 0 Å². The van der Waals surface area contributed by atoms with Gasteiger partial charge in [-0.05, 0) is 98.2 Å². The van der Waals surface area contributed by atoms with E-state index in [1.165, 1.54) is 77.0 Å². The van der Waals surface area contributed by atoms with Crippen LogP contribution in [0.4, 0.5) is 0 Å². The summed E-state index contributed by atoms with van der Waals surface area (Å²) in [6.45, 7) is 12.7. The Hall–Kier alpha value is -0.260. The predicted molar refractivity (Wildman–Crippen MR) is 118 cm³/mol. The standard InChI is InChI=1S/C27H46/c1-19(2)9-8-10-20(3)21-14-18-27(5)24(21)13-12-22-23-11-6-7-16-26(23,4)17-15-25(22)27/h19-20,22-23,25H,6-18H2,1-5H3/t20-,22+,23+,25+,26+,27+/m1/s1. The van der Waals surface area contributed by atoms with E-state index < -0.39 is 0 Å². The minimum absolute atomic E-state index is 0.573. The van der Waals surface area contributed by atoms with Crippen molar-refractivity contribution in [2.75, 3.05) is 0 Å². The molecule has 0 unspecified atom stereocenters. The van der Waals surface area contributed by atoms with Crippen molar-refractivity contribution in [1.29, 1.82) is 0 Å². The molecule has 0 saturated heterocycles. The second-order valence-electron chi connectivity index (χ2n) is 12.0. The lowest BCUT2D eigenvalue weighted by molar-refractivity contribution is -0.0674. The summed E-state index contributed by atoms with van der Waals surface area (Å²) in [7, 11) is 0. The quantitative estimate of drug-likeness (QED) is 0.425. The van der Waals surface area contributed by atoms with E-state index >= 15 is 0 Å². The maximum Gasteiger partial charge on any atom is -0.00796 e. The summed E-state index contributed by atoms with van der Waals surface area (Å²) in [4.78, 5) is 0. The molecule has 0 N–H and O–H groups in total. The third-order valence-corrected chi connectivity index (χ3v) is 10.0. The van der Waals surface area contributed by atoms with Crippen LogP contribution in [0.25, 0.3) is 0 Å². The van der Waals surface area contributed by atoms with Crippen molar-refractivity contribution in [3.05, 3.63) is 11.1 Å². The molecule has 0 aromatic carbocycles. The molecule has 0 amide bonds. The zero-order valence-electron chi connectivity index (χ0n) is 19.1. The number of hydrogen-bond donors (Lipinski definition) is 0. The van der Waals surface area contributed by atoms with Gasteiger partial charge < -0.3 is 0 Å². The third-order valence-electron chi connectivity index (χ3n) is 10.0. The van der Waals surface area contributed by atoms with Crippen LogP contribution in [0, 0.1) is 40.4 Å². The molecule has 0 aliphatic heterocycles. The van der Waals surface area contributed by atoms with Crippen LogP contribution >= 0.6 is 0 Å². The number of allylic oxidation sites excluding steroid dienone is 2. The lowest BCUT2D eigenvalue weighted by Crippen LogP contribution is -2.50. The molecule has 0 nitrogen and oxygen atoms in total. The van der Waals surface area contributed by atoms with Crippen molar-refractivity contribution < 1.29 is 0 Å². The normalized spacial score (nSPS) is 42.7. The molecule has 0 spiro atoms.